The summed E-state index contributed by atoms with van der Waals surface area (Å²) in [4.78, 5) is 23.1. The summed E-state index contributed by atoms with van der Waals surface area (Å²) in [6.07, 6.45) is 0.104. The molecular weight excluding hydrogens is 828 g/mol. The van der Waals surface area contributed by atoms with Gasteiger partial charge in [0.15, 0.2) is 0 Å². The van der Waals surface area contributed by atoms with Crippen molar-refractivity contribution in [1.82, 2.24) is 0 Å². The van der Waals surface area contributed by atoms with Gasteiger partial charge in [-0.15, -0.1) is 0 Å². The number of aryl methyl sites for hydroxylation is 4. The predicted molar refractivity (Wildman–Crippen MR) is 253 cm³/mol. The van der Waals surface area contributed by atoms with Gasteiger partial charge in [-0.2, -0.15) is 0 Å². The van der Waals surface area contributed by atoms with E-state index >= 15 is 0 Å². The van der Waals surface area contributed by atoms with Crippen molar-refractivity contribution < 1.29 is 62.1 Å². The maximum Gasteiger partial charge on any atom is 1.00 e. The minimum atomic E-state index is -0.885. The van der Waals surface area contributed by atoms with E-state index in [0.717, 1.165) is 94.7 Å². The molecule has 0 aliphatic rings. The Hall–Kier alpha value is -6.58. The van der Waals surface area contributed by atoms with E-state index in [-0.39, 0.29) is 43.1 Å². The topological polar surface area (TPSA) is 190 Å². The van der Waals surface area contributed by atoms with E-state index in [4.69, 9.17) is 39.6 Å². The van der Waals surface area contributed by atoms with Gasteiger partial charge in [0.2, 0.25) is 0 Å². The van der Waals surface area contributed by atoms with Crippen molar-refractivity contribution in [2.45, 2.75) is 73.8 Å². The molecule has 66 heavy (non-hydrogen) atoms. The zero-order valence-electron chi connectivity index (χ0n) is 38.4. The van der Waals surface area contributed by atoms with Gasteiger partial charge in [0.1, 0.15) is 47.4 Å². The number of para-hydroxylation sites is 2. The Kier molecular flexibility index (Phi) is 17.6. The number of carbonyl (C=O) groups is 2. The third-order valence-electron chi connectivity index (χ3n) is 11.3. The Balaban J connectivity index is 0.000000241. The van der Waals surface area contributed by atoms with Crippen LogP contribution in [0.5, 0.6) is 11.5 Å². The Morgan fingerprint density at radius 3 is 1.44 bits per heavy atom. The van der Waals surface area contributed by atoms with Crippen LogP contribution in [0.2, 0.25) is 0 Å². The quantitative estimate of drug-likeness (QED) is 0.0667. The maximum absolute atomic E-state index is 12.0. The van der Waals surface area contributed by atoms with Crippen molar-refractivity contribution in [3.05, 3.63) is 177 Å². The van der Waals surface area contributed by atoms with E-state index < -0.39 is 5.97 Å². The normalized spacial score (nSPS) is 10.7. The van der Waals surface area contributed by atoms with Crippen molar-refractivity contribution in [1.29, 1.82) is 0 Å². The van der Waals surface area contributed by atoms with Crippen LogP contribution in [0.1, 0.15) is 63.0 Å². The number of carboxylic acids is 1. The number of carboxylic acid groups (broad SMARTS) is 1. The second-order valence-corrected chi connectivity index (χ2v) is 15.8. The summed E-state index contributed by atoms with van der Waals surface area (Å²) in [7, 11) is 0. The van der Waals surface area contributed by atoms with Crippen LogP contribution in [0.4, 0.5) is 0 Å². The summed E-state index contributed by atoms with van der Waals surface area (Å²) >= 11 is 0. The third-order valence-corrected chi connectivity index (χ3v) is 11.3. The number of hydrogen-bond acceptors (Lipinski definition) is 10. The number of ether oxygens (including phenoxy) is 3. The Morgan fingerprint density at radius 2 is 1.02 bits per heavy atom. The molecule has 0 radical (unpaired) electrons. The molecule has 8 aromatic rings. The van der Waals surface area contributed by atoms with Crippen LogP contribution in [0, 0.1) is 27.7 Å². The van der Waals surface area contributed by atoms with E-state index in [9.17, 15) is 9.59 Å². The number of furan rings is 2. The summed E-state index contributed by atoms with van der Waals surface area (Å²) in [6.45, 7) is 11.9. The molecular formula is C54H55LiN2O9. The van der Waals surface area contributed by atoms with Crippen molar-refractivity contribution in [3.8, 4) is 33.8 Å². The molecule has 6 N–H and O–H groups in total. The first kappa shape index (κ1) is 50.4. The monoisotopic (exact) mass is 882 g/mol. The van der Waals surface area contributed by atoms with E-state index in [1.807, 2.05) is 87.5 Å². The van der Waals surface area contributed by atoms with Crippen molar-refractivity contribution in [3.63, 3.8) is 0 Å². The minimum absolute atomic E-state index is 0. The molecule has 11 nitrogen and oxygen atoms in total. The molecule has 336 valence electrons. The minimum Gasteiger partial charge on any atom is -0.870 e. The molecule has 0 bridgehead atoms. The van der Waals surface area contributed by atoms with Crippen LogP contribution in [-0.2, 0) is 53.5 Å². The number of fused-ring (bicyclic) bond motifs is 2. The number of nitrogens with two attached hydrogens (primary N) is 2. The van der Waals surface area contributed by atoms with Crippen molar-refractivity contribution in [2.24, 2.45) is 11.5 Å². The van der Waals surface area contributed by atoms with Crippen LogP contribution < -0.4 is 39.8 Å². The Bertz CT molecular complexity index is 2950. The van der Waals surface area contributed by atoms with Gasteiger partial charge < -0.3 is 45.1 Å². The van der Waals surface area contributed by atoms with Gasteiger partial charge in [-0.05, 0) is 128 Å². The summed E-state index contributed by atoms with van der Waals surface area (Å²) in [6, 6.07) is 39.5. The first-order chi connectivity index (χ1) is 31.0. The summed E-state index contributed by atoms with van der Waals surface area (Å²) in [5, 5.41) is 11.3. The molecule has 8 rings (SSSR count). The van der Waals surface area contributed by atoms with Gasteiger partial charge in [-0.1, -0.05) is 72.8 Å². The van der Waals surface area contributed by atoms with Crippen LogP contribution in [0.15, 0.2) is 130 Å². The van der Waals surface area contributed by atoms with Gasteiger partial charge in [0, 0.05) is 46.1 Å². The maximum atomic E-state index is 12.0. The van der Waals surface area contributed by atoms with Crippen molar-refractivity contribution >= 4 is 33.9 Å². The number of benzene rings is 6. The van der Waals surface area contributed by atoms with Gasteiger partial charge in [-0.25, -0.2) is 0 Å². The molecule has 0 fully saturated rings. The Morgan fingerprint density at radius 1 is 0.576 bits per heavy atom. The third kappa shape index (κ3) is 11.8. The molecule has 0 aliphatic carbocycles. The fraction of sp³-hybridized carbons (Fsp3) is 0.222. The van der Waals surface area contributed by atoms with Crippen LogP contribution in [0.25, 0.3) is 44.2 Å². The van der Waals surface area contributed by atoms with Crippen molar-refractivity contribution in [2.75, 3.05) is 6.61 Å². The van der Waals surface area contributed by atoms with Crippen LogP contribution in [0.3, 0.4) is 0 Å². The average Bonchev–Trinajstić information content (AvgIpc) is 3.76. The summed E-state index contributed by atoms with van der Waals surface area (Å²) in [5.41, 5.74) is 25.3. The second kappa shape index (κ2) is 23.0. The molecule has 0 saturated carbocycles. The number of rotatable bonds is 15. The molecule has 6 aromatic carbocycles. The molecule has 2 aromatic heterocycles. The SMILES string of the molecule is CCOC(=O)Cc1ccccc1OCc1cc(-c2cccc(CN)c2)c2oc(C)c(C)c2c1.Cc1oc2c(-c3cccc(CN)c3)cc(COc3ccccc3CC(=O)O)cc2c1C.[Li+].[OH-]. The fourth-order valence-corrected chi connectivity index (χ4v) is 7.75. The zero-order chi connectivity index (χ0) is 45.3. The van der Waals surface area contributed by atoms with Gasteiger partial charge in [0.25, 0.3) is 0 Å². The zero-order valence-corrected chi connectivity index (χ0v) is 38.4. The van der Waals surface area contributed by atoms with E-state index in [1.54, 1.807) is 19.1 Å². The predicted octanol–water partition coefficient (Wildman–Crippen LogP) is 8.07. The number of carbonyl (C=O) groups excluding carboxylic acids is 1. The smallest absolute Gasteiger partial charge is 0.870 e. The van der Waals surface area contributed by atoms with Crippen LogP contribution in [-0.4, -0.2) is 29.1 Å². The molecule has 12 heteroatoms. The molecule has 0 spiro atoms. The van der Waals surface area contributed by atoms with E-state index in [0.29, 0.717) is 50.0 Å². The summed E-state index contributed by atoms with van der Waals surface area (Å²) in [5.74, 6) is 1.90. The average molecular weight is 883 g/mol. The summed E-state index contributed by atoms with van der Waals surface area (Å²) < 4.78 is 29.6. The largest absolute Gasteiger partial charge is 1.00 e. The molecule has 0 unspecified atom stereocenters. The number of esters is 1. The van der Waals surface area contributed by atoms with Gasteiger partial charge in [0.05, 0.1) is 19.4 Å². The molecule has 2 heterocycles. The van der Waals surface area contributed by atoms with Crippen LogP contribution >= 0.6 is 0 Å². The number of hydrogen-bond donors (Lipinski definition) is 3. The molecule has 0 amide bonds. The van der Waals surface area contributed by atoms with E-state index in [2.05, 4.69) is 49.4 Å². The fourth-order valence-electron chi connectivity index (χ4n) is 7.75. The first-order valence-corrected chi connectivity index (χ1v) is 21.4. The molecule has 0 saturated heterocycles. The molecule has 0 aliphatic heterocycles. The van der Waals surface area contributed by atoms with E-state index in [1.165, 1.54) is 0 Å². The van der Waals surface area contributed by atoms with Gasteiger partial charge in [-0.3, -0.25) is 9.59 Å². The molecule has 0 atom stereocenters. The Labute approximate surface area is 397 Å². The standard InChI is InChI=1S/C28H29NO4.C26H25NO4.Li.H2O/c1-4-31-27(30)15-23-9-5-6-11-26(23)32-17-21-13-24-18(2)19(3)33-28(24)25(14-21)22-10-7-8-20(12-22)16-29;1-16-17(2)31-26-22(16)11-19(12-23(26)20-8-5-6-18(10-20)14-27)15-30-24-9-4-3-7-21(24)13-25(28)29;;/h5-14H,4,15-17,29H2,1-3H3;3-12H,13-15,27H2,1-2H3,(H,28,29);;1H2/q;;+1;/p-1. The second-order valence-electron chi connectivity index (χ2n) is 15.8. The first-order valence-electron chi connectivity index (χ1n) is 21.4. The van der Waals surface area contributed by atoms with Gasteiger partial charge >= 0.3 is 30.8 Å². The number of aliphatic carboxylic acids is 1.